The summed E-state index contributed by atoms with van der Waals surface area (Å²) in [6, 6.07) is 7.79. The third-order valence-electron chi connectivity index (χ3n) is 2.93. The lowest BCUT2D eigenvalue weighted by atomic mass is 10.3. The van der Waals surface area contributed by atoms with E-state index >= 15 is 0 Å². The van der Waals surface area contributed by atoms with Crippen molar-refractivity contribution >= 4 is 39.3 Å². The molecule has 1 heterocycles. The molecule has 1 N–H and O–H groups in total. The average molecular weight is 330 g/mol. The molecule has 0 saturated carbocycles. The molecule has 1 saturated heterocycles. The van der Waals surface area contributed by atoms with Crippen LogP contribution in [0.4, 0.5) is 5.69 Å². The van der Waals surface area contributed by atoms with Gasteiger partial charge in [-0.1, -0.05) is 28.9 Å². The maximum absolute atomic E-state index is 12.3. The van der Waals surface area contributed by atoms with Gasteiger partial charge in [0, 0.05) is 22.0 Å². The summed E-state index contributed by atoms with van der Waals surface area (Å²) in [7, 11) is 0. The van der Waals surface area contributed by atoms with Gasteiger partial charge in [-0.25, -0.2) is 0 Å². The molecule has 0 aromatic heterocycles. The second-order valence-electron chi connectivity index (χ2n) is 4.38. The van der Waals surface area contributed by atoms with Crippen LogP contribution in [-0.4, -0.2) is 34.7 Å². The van der Waals surface area contributed by atoms with E-state index in [1.54, 1.807) is 11.8 Å². The van der Waals surface area contributed by atoms with Crippen LogP contribution < -0.4 is 4.90 Å². The zero-order chi connectivity index (χ0) is 13.1. The van der Waals surface area contributed by atoms with E-state index in [0.717, 1.165) is 23.1 Å². The SMILES string of the molecule is C[C@H](CO)S[C@@H]1CCN(c2cccc(Br)c2)C1=O. The van der Waals surface area contributed by atoms with Gasteiger partial charge in [-0.2, -0.15) is 0 Å². The van der Waals surface area contributed by atoms with Crippen LogP contribution in [-0.2, 0) is 4.79 Å². The molecule has 1 aliphatic rings. The summed E-state index contributed by atoms with van der Waals surface area (Å²) in [5.41, 5.74) is 0.939. The minimum Gasteiger partial charge on any atom is -0.395 e. The number of rotatable bonds is 4. The Labute approximate surface area is 120 Å². The molecule has 0 radical (unpaired) electrons. The number of nitrogens with zero attached hydrogens (tertiary/aromatic N) is 1. The quantitative estimate of drug-likeness (QED) is 0.923. The first-order valence-corrected chi connectivity index (χ1v) is 7.68. The van der Waals surface area contributed by atoms with E-state index in [4.69, 9.17) is 5.11 Å². The maximum Gasteiger partial charge on any atom is 0.240 e. The van der Waals surface area contributed by atoms with Gasteiger partial charge in [0.25, 0.3) is 0 Å². The highest BCUT2D eigenvalue weighted by molar-refractivity contribution is 9.10. The van der Waals surface area contributed by atoms with Crippen LogP contribution >= 0.6 is 27.7 Å². The summed E-state index contributed by atoms with van der Waals surface area (Å²) in [6.07, 6.45) is 0.848. The number of aliphatic hydroxyl groups excluding tert-OH is 1. The Kier molecular flexibility index (Phi) is 4.70. The van der Waals surface area contributed by atoms with Crippen molar-refractivity contribution in [2.45, 2.75) is 23.8 Å². The lowest BCUT2D eigenvalue weighted by molar-refractivity contribution is -0.116. The normalized spacial score (nSPS) is 21.4. The van der Waals surface area contributed by atoms with Gasteiger partial charge in [-0.05, 0) is 24.6 Å². The molecule has 1 aliphatic heterocycles. The summed E-state index contributed by atoms with van der Waals surface area (Å²) in [5, 5.41) is 9.14. The average Bonchev–Trinajstić information content (AvgIpc) is 2.71. The van der Waals surface area contributed by atoms with Gasteiger partial charge >= 0.3 is 0 Å². The number of hydrogen-bond acceptors (Lipinski definition) is 3. The van der Waals surface area contributed by atoms with Crippen molar-refractivity contribution in [3.8, 4) is 0 Å². The van der Waals surface area contributed by atoms with Crippen molar-refractivity contribution in [2.75, 3.05) is 18.1 Å². The van der Waals surface area contributed by atoms with Crippen molar-refractivity contribution < 1.29 is 9.90 Å². The number of anilines is 1. The third kappa shape index (κ3) is 3.08. The van der Waals surface area contributed by atoms with Crippen LogP contribution in [0, 0.1) is 0 Å². The second kappa shape index (κ2) is 6.08. The summed E-state index contributed by atoms with van der Waals surface area (Å²) >= 11 is 4.98. The maximum atomic E-state index is 12.3. The standard InChI is InChI=1S/C13H16BrNO2S/c1-9(8-16)18-12-5-6-15(13(12)17)11-4-2-3-10(14)7-11/h2-4,7,9,12,16H,5-6,8H2,1H3/t9-,12-/m1/s1. The zero-order valence-corrected chi connectivity index (χ0v) is 12.6. The van der Waals surface area contributed by atoms with E-state index in [1.165, 1.54) is 0 Å². The Morgan fingerprint density at radius 3 is 3.06 bits per heavy atom. The molecule has 0 bridgehead atoms. The van der Waals surface area contributed by atoms with Crippen LogP contribution in [0.1, 0.15) is 13.3 Å². The third-order valence-corrected chi connectivity index (χ3v) is 4.80. The highest BCUT2D eigenvalue weighted by atomic mass is 79.9. The first-order chi connectivity index (χ1) is 8.61. The van der Waals surface area contributed by atoms with Crippen LogP contribution in [0.15, 0.2) is 28.7 Å². The number of amides is 1. The molecule has 98 valence electrons. The first kappa shape index (κ1) is 13.9. The number of thioether (sulfide) groups is 1. The molecule has 2 atom stereocenters. The van der Waals surface area contributed by atoms with E-state index in [0.29, 0.717) is 0 Å². The summed E-state index contributed by atoms with van der Waals surface area (Å²) < 4.78 is 0.979. The van der Waals surface area contributed by atoms with Crippen LogP contribution in [0.3, 0.4) is 0 Å². The van der Waals surface area contributed by atoms with E-state index in [9.17, 15) is 4.79 Å². The lowest BCUT2D eigenvalue weighted by Gasteiger charge is -2.18. The highest BCUT2D eigenvalue weighted by Crippen LogP contribution is 2.31. The Hall–Kier alpha value is -0.520. The van der Waals surface area contributed by atoms with Crippen molar-refractivity contribution in [1.29, 1.82) is 0 Å². The van der Waals surface area contributed by atoms with Gasteiger partial charge in [0.05, 0.1) is 11.9 Å². The Morgan fingerprint density at radius 1 is 1.61 bits per heavy atom. The molecular weight excluding hydrogens is 314 g/mol. The first-order valence-electron chi connectivity index (χ1n) is 5.95. The molecule has 5 heteroatoms. The number of hydrogen-bond donors (Lipinski definition) is 1. The summed E-state index contributed by atoms with van der Waals surface area (Å²) in [4.78, 5) is 14.1. The molecular formula is C13H16BrNO2S. The molecule has 1 amide bonds. The molecule has 1 aromatic carbocycles. The number of carbonyl (C=O) groups excluding carboxylic acids is 1. The molecule has 0 aliphatic carbocycles. The van der Waals surface area contributed by atoms with E-state index in [1.807, 2.05) is 36.1 Å². The van der Waals surface area contributed by atoms with Gasteiger partial charge in [0.1, 0.15) is 0 Å². The monoisotopic (exact) mass is 329 g/mol. The van der Waals surface area contributed by atoms with Crippen molar-refractivity contribution in [2.24, 2.45) is 0 Å². The number of carbonyl (C=O) groups is 1. The topological polar surface area (TPSA) is 40.5 Å². The van der Waals surface area contributed by atoms with Crippen molar-refractivity contribution in [3.63, 3.8) is 0 Å². The molecule has 3 nitrogen and oxygen atoms in total. The van der Waals surface area contributed by atoms with Gasteiger partial charge in [-0.15, -0.1) is 11.8 Å². The second-order valence-corrected chi connectivity index (χ2v) is 6.94. The van der Waals surface area contributed by atoms with Gasteiger partial charge in [-0.3, -0.25) is 4.79 Å². The van der Waals surface area contributed by atoms with Crippen LogP contribution in [0.5, 0.6) is 0 Å². The minimum absolute atomic E-state index is 0.0221. The van der Waals surface area contributed by atoms with Gasteiger partial charge < -0.3 is 10.0 Å². The Balaban J connectivity index is 2.07. The minimum atomic E-state index is -0.0221. The van der Waals surface area contributed by atoms with E-state index in [2.05, 4.69) is 15.9 Å². The predicted molar refractivity (Wildman–Crippen MR) is 79.0 cm³/mol. The molecule has 1 aromatic rings. The predicted octanol–water partition coefficient (Wildman–Crippen LogP) is 2.67. The lowest BCUT2D eigenvalue weighted by Crippen LogP contribution is -2.29. The van der Waals surface area contributed by atoms with Gasteiger partial charge in [0.15, 0.2) is 0 Å². The number of halogens is 1. The Bertz CT molecular complexity index is 441. The Morgan fingerprint density at radius 2 is 2.39 bits per heavy atom. The molecule has 2 rings (SSSR count). The van der Waals surface area contributed by atoms with Crippen LogP contribution in [0.25, 0.3) is 0 Å². The summed E-state index contributed by atoms with van der Waals surface area (Å²) in [6.45, 7) is 2.82. The molecule has 0 unspecified atom stereocenters. The van der Waals surface area contributed by atoms with E-state index < -0.39 is 0 Å². The molecule has 0 spiro atoms. The smallest absolute Gasteiger partial charge is 0.240 e. The van der Waals surface area contributed by atoms with Crippen molar-refractivity contribution in [3.05, 3.63) is 28.7 Å². The van der Waals surface area contributed by atoms with Crippen LogP contribution in [0.2, 0.25) is 0 Å². The number of aliphatic hydroxyl groups is 1. The van der Waals surface area contributed by atoms with Crippen molar-refractivity contribution in [1.82, 2.24) is 0 Å². The van der Waals surface area contributed by atoms with E-state index in [-0.39, 0.29) is 23.0 Å². The number of benzene rings is 1. The largest absolute Gasteiger partial charge is 0.395 e. The van der Waals surface area contributed by atoms with Gasteiger partial charge in [0.2, 0.25) is 5.91 Å². The fourth-order valence-corrected chi connectivity index (χ4v) is 3.52. The highest BCUT2D eigenvalue weighted by Gasteiger charge is 2.33. The fraction of sp³-hybridized carbons (Fsp3) is 0.462. The zero-order valence-electron chi connectivity index (χ0n) is 10.2. The molecule has 18 heavy (non-hydrogen) atoms. The summed E-state index contributed by atoms with van der Waals surface area (Å²) in [5.74, 6) is 0.151. The fourth-order valence-electron chi connectivity index (χ4n) is 2.00. The molecule has 1 fully saturated rings.